The number of hydrogen-bond acceptors (Lipinski definition) is 3. The number of nitrogens with one attached hydrogen (secondary N) is 1. The van der Waals surface area contributed by atoms with Crippen LogP contribution in [0.4, 0.5) is 39.5 Å². The van der Waals surface area contributed by atoms with Crippen LogP contribution >= 0.6 is 0 Å². The van der Waals surface area contributed by atoms with Crippen molar-refractivity contribution in [1.82, 2.24) is 10.3 Å². The van der Waals surface area contributed by atoms with Gasteiger partial charge >= 0.3 is 18.7 Å². The average molecular weight is 508 g/mol. The number of benzene rings is 2. The van der Waals surface area contributed by atoms with Gasteiger partial charge in [0.25, 0.3) is 5.91 Å². The lowest BCUT2D eigenvalue weighted by atomic mass is 9.97. The van der Waals surface area contributed by atoms with E-state index in [2.05, 4.69) is 15.0 Å². The highest BCUT2D eigenvalue weighted by Gasteiger charge is 2.38. The smallest absolute Gasteiger partial charge is 0.406 e. The standard InChI is InChI=1S/C22H13F9N2O2/c23-20(24,25)14-8-6-12(7-9-14)17(18-16(21(26,27)28)5-2-10-32-18)33-19(34)13-3-1-4-15(11-13)35-22(29,30)31/h1-11,17H,(H,33,34)/t17-/m0/s1. The minimum atomic E-state index is -5.06. The van der Waals surface area contributed by atoms with Gasteiger partial charge in [-0.25, -0.2) is 0 Å². The van der Waals surface area contributed by atoms with E-state index in [4.69, 9.17) is 0 Å². The largest absolute Gasteiger partial charge is 0.573 e. The van der Waals surface area contributed by atoms with Crippen molar-refractivity contribution in [2.75, 3.05) is 0 Å². The maximum Gasteiger partial charge on any atom is 0.573 e. The van der Waals surface area contributed by atoms with Crippen LogP contribution < -0.4 is 10.1 Å². The highest BCUT2D eigenvalue weighted by molar-refractivity contribution is 5.95. The molecule has 0 aliphatic rings. The third kappa shape index (κ3) is 6.64. The van der Waals surface area contributed by atoms with Gasteiger partial charge in [0.1, 0.15) is 5.75 Å². The molecular weight excluding hydrogens is 495 g/mol. The van der Waals surface area contributed by atoms with Crippen molar-refractivity contribution in [2.45, 2.75) is 24.8 Å². The second kappa shape index (κ2) is 9.47. The van der Waals surface area contributed by atoms with E-state index in [0.717, 1.165) is 42.6 Å². The molecule has 0 radical (unpaired) electrons. The molecular formula is C22H13F9N2O2. The van der Waals surface area contributed by atoms with Gasteiger partial charge in [0.15, 0.2) is 0 Å². The molecule has 13 heteroatoms. The zero-order valence-corrected chi connectivity index (χ0v) is 17.1. The average Bonchev–Trinajstić information content (AvgIpc) is 2.75. The molecule has 4 nitrogen and oxygen atoms in total. The fraction of sp³-hybridized carbons (Fsp3) is 0.182. The van der Waals surface area contributed by atoms with Crippen molar-refractivity contribution in [3.8, 4) is 5.75 Å². The summed E-state index contributed by atoms with van der Waals surface area (Å²) >= 11 is 0. The lowest BCUT2D eigenvalue weighted by Crippen LogP contribution is -2.31. The third-order valence-electron chi connectivity index (χ3n) is 4.59. The van der Waals surface area contributed by atoms with Gasteiger partial charge < -0.3 is 10.1 Å². The van der Waals surface area contributed by atoms with Crippen molar-refractivity contribution in [1.29, 1.82) is 0 Å². The number of hydrogen-bond donors (Lipinski definition) is 1. The molecule has 0 spiro atoms. The number of carbonyl (C=O) groups excluding carboxylic acids is 1. The quantitative estimate of drug-likeness (QED) is 0.399. The van der Waals surface area contributed by atoms with Gasteiger partial charge in [-0.2, -0.15) is 26.3 Å². The minimum absolute atomic E-state index is 0.182. The Morgan fingerprint density at radius 2 is 1.49 bits per heavy atom. The van der Waals surface area contributed by atoms with E-state index >= 15 is 0 Å². The van der Waals surface area contributed by atoms with Crippen LogP contribution in [0.3, 0.4) is 0 Å². The molecule has 0 saturated carbocycles. The van der Waals surface area contributed by atoms with Gasteiger partial charge in [-0.15, -0.1) is 13.2 Å². The summed E-state index contributed by atoms with van der Waals surface area (Å²) in [6.45, 7) is 0. The normalized spacial score (nSPS) is 13.3. The first kappa shape index (κ1) is 25.8. The molecule has 1 heterocycles. The molecule has 1 atom stereocenters. The van der Waals surface area contributed by atoms with Crippen LogP contribution in [0, 0.1) is 0 Å². The van der Waals surface area contributed by atoms with Gasteiger partial charge in [-0.3, -0.25) is 9.78 Å². The molecule has 0 saturated heterocycles. The van der Waals surface area contributed by atoms with Crippen LogP contribution in [0.1, 0.15) is 38.8 Å². The fourth-order valence-corrected chi connectivity index (χ4v) is 3.11. The number of alkyl halides is 9. The summed E-state index contributed by atoms with van der Waals surface area (Å²) in [6.07, 6.45) is -13.7. The van der Waals surface area contributed by atoms with Crippen molar-refractivity contribution in [3.63, 3.8) is 0 Å². The highest BCUT2D eigenvalue weighted by Crippen LogP contribution is 2.37. The molecule has 0 aliphatic heterocycles. The predicted octanol–water partition coefficient (Wildman–Crippen LogP) is 6.54. The van der Waals surface area contributed by atoms with Crippen LogP contribution in [-0.2, 0) is 12.4 Å². The Bertz CT molecular complexity index is 1190. The molecule has 0 aliphatic carbocycles. The first-order valence-electron chi connectivity index (χ1n) is 9.51. The summed E-state index contributed by atoms with van der Waals surface area (Å²) < 4.78 is 121. The molecule has 186 valence electrons. The Balaban J connectivity index is 2.04. The number of amides is 1. The molecule has 2 aromatic carbocycles. The van der Waals surface area contributed by atoms with Crippen LogP contribution in [0.2, 0.25) is 0 Å². The summed E-state index contributed by atoms with van der Waals surface area (Å²) in [5.74, 6) is -1.88. The molecule has 1 N–H and O–H groups in total. The molecule has 0 fully saturated rings. The summed E-state index contributed by atoms with van der Waals surface area (Å²) in [5, 5.41) is 2.21. The maximum absolute atomic E-state index is 13.6. The van der Waals surface area contributed by atoms with Gasteiger partial charge in [0.2, 0.25) is 0 Å². The predicted molar refractivity (Wildman–Crippen MR) is 103 cm³/mol. The van der Waals surface area contributed by atoms with Gasteiger partial charge in [0.05, 0.1) is 22.9 Å². The summed E-state index contributed by atoms with van der Waals surface area (Å²) in [7, 11) is 0. The molecule has 3 rings (SSSR count). The van der Waals surface area contributed by atoms with Crippen LogP contribution in [-0.4, -0.2) is 17.3 Å². The fourth-order valence-electron chi connectivity index (χ4n) is 3.11. The van der Waals surface area contributed by atoms with E-state index < -0.39 is 58.8 Å². The van der Waals surface area contributed by atoms with E-state index in [-0.39, 0.29) is 5.56 Å². The number of halogens is 9. The third-order valence-corrected chi connectivity index (χ3v) is 4.59. The molecule has 0 unspecified atom stereocenters. The first-order chi connectivity index (χ1) is 16.1. The lowest BCUT2D eigenvalue weighted by molar-refractivity contribution is -0.274. The van der Waals surface area contributed by atoms with Crippen molar-refractivity contribution < 1.29 is 49.0 Å². The van der Waals surface area contributed by atoms with Gasteiger partial charge in [-0.05, 0) is 48.0 Å². The Morgan fingerprint density at radius 1 is 0.829 bits per heavy atom. The van der Waals surface area contributed by atoms with E-state index in [1.165, 1.54) is 0 Å². The molecule has 0 bridgehead atoms. The number of carbonyl (C=O) groups is 1. The van der Waals surface area contributed by atoms with E-state index in [9.17, 15) is 44.3 Å². The van der Waals surface area contributed by atoms with Crippen LogP contribution in [0.25, 0.3) is 0 Å². The number of aromatic nitrogens is 1. The number of rotatable bonds is 5. The Morgan fingerprint density at radius 3 is 2.06 bits per heavy atom. The second-order valence-electron chi connectivity index (χ2n) is 7.04. The van der Waals surface area contributed by atoms with E-state index in [1.54, 1.807) is 0 Å². The molecule has 3 aromatic rings. The van der Waals surface area contributed by atoms with Crippen LogP contribution in [0.5, 0.6) is 5.75 Å². The second-order valence-corrected chi connectivity index (χ2v) is 7.04. The highest BCUT2D eigenvalue weighted by atomic mass is 19.4. The van der Waals surface area contributed by atoms with Crippen molar-refractivity contribution in [3.05, 3.63) is 94.8 Å². The van der Waals surface area contributed by atoms with Gasteiger partial charge in [-0.1, -0.05) is 18.2 Å². The Kier molecular flexibility index (Phi) is 6.99. The Hall–Kier alpha value is -3.77. The summed E-state index contributed by atoms with van der Waals surface area (Å²) in [5.41, 5.74) is -3.66. The first-order valence-corrected chi connectivity index (χ1v) is 9.51. The van der Waals surface area contributed by atoms with E-state index in [1.807, 2.05) is 0 Å². The topological polar surface area (TPSA) is 51.2 Å². The maximum atomic E-state index is 13.6. The monoisotopic (exact) mass is 508 g/mol. The SMILES string of the molecule is O=C(N[C@@H](c1ccc(C(F)(F)F)cc1)c1ncccc1C(F)(F)F)c1cccc(OC(F)(F)F)c1. The van der Waals surface area contributed by atoms with Crippen molar-refractivity contribution >= 4 is 5.91 Å². The lowest BCUT2D eigenvalue weighted by Gasteiger charge is -2.23. The summed E-state index contributed by atoms with van der Waals surface area (Å²) in [4.78, 5) is 16.4. The number of ether oxygens (including phenoxy) is 1. The molecule has 1 amide bonds. The van der Waals surface area contributed by atoms with Crippen LogP contribution in [0.15, 0.2) is 66.9 Å². The minimum Gasteiger partial charge on any atom is -0.406 e. The number of nitrogens with zero attached hydrogens (tertiary/aromatic N) is 1. The molecule has 1 aromatic heterocycles. The van der Waals surface area contributed by atoms with Crippen molar-refractivity contribution in [2.24, 2.45) is 0 Å². The zero-order valence-electron chi connectivity index (χ0n) is 17.1. The summed E-state index contributed by atoms with van der Waals surface area (Å²) in [6, 6.07) is 6.64. The zero-order chi connectivity index (χ0) is 26.0. The van der Waals surface area contributed by atoms with E-state index in [0.29, 0.717) is 24.3 Å². The molecule has 35 heavy (non-hydrogen) atoms. The van der Waals surface area contributed by atoms with Gasteiger partial charge in [0, 0.05) is 11.8 Å². The Labute approximate surface area is 191 Å². The number of pyridine rings is 1.